The van der Waals surface area contributed by atoms with Gasteiger partial charge in [0.1, 0.15) is 0 Å². The van der Waals surface area contributed by atoms with Crippen molar-refractivity contribution in [2.45, 2.75) is 31.4 Å². The van der Waals surface area contributed by atoms with Crippen molar-refractivity contribution in [2.24, 2.45) is 0 Å². The molecule has 1 saturated carbocycles. The molecule has 2 atom stereocenters. The minimum absolute atomic E-state index is 0.149. The quantitative estimate of drug-likeness (QED) is 0.623. The summed E-state index contributed by atoms with van der Waals surface area (Å²) in [5.41, 5.74) is 1.38. The number of nitrogens with one attached hydrogen (secondary N) is 1. The molecule has 1 aliphatic carbocycles. The Balaban J connectivity index is 2.22. The molecule has 2 heteroatoms. The van der Waals surface area contributed by atoms with Crippen molar-refractivity contribution in [3.63, 3.8) is 0 Å². The first-order valence-corrected chi connectivity index (χ1v) is 5.57. The molecular weight excluding hydrogens is 186 g/mol. The summed E-state index contributed by atoms with van der Waals surface area (Å²) in [5, 5.41) is 15.7. The maximum absolute atomic E-state index is 9.71. The second-order valence-electron chi connectivity index (χ2n) is 4.41. The summed E-state index contributed by atoms with van der Waals surface area (Å²) in [6.45, 7) is 0. The Morgan fingerprint density at radius 2 is 2.07 bits per heavy atom. The van der Waals surface area contributed by atoms with Crippen LogP contribution >= 0.6 is 0 Å². The van der Waals surface area contributed by atoms with Crippen LogP contribution in [0.2, 0.25) is 0 Å². The van der Waals surface area contributed by atoms with Gasteiger partial charge in [-0.25, -0.2) is 0 Å². The highest BCUT2D eigenvalue weighted by atomic mass is 16.3. The number of hydrogen-bond acceptors (Lipinski definition) is 2. The molecule has 3 rings (SSSR count). The third-order valence-electron chi connectivity index (χ3n) is 3.41. The molecule has 1 fully saturated rings. The average molecular weight is 201 g/mol. The normalized spacial score (nSPS) is 28.5. The zero-order valence-corrected chi connectivity index (χ0v) is 8.61. The molecule has 0 radical (unpaired) electrons. The van der Waals surface area contributed by atoms with E-state index in [0.29, 0.717) is 6.04 Å². The Hall–Kier alpha value is -1.28. The van der Waals surface area contributed by atoms with E-state index in [1.165, 1.54) is 16.0 Å². The SMILES string of the molecule is OC1CCC2NC=c3ccccc3=C2C1. The first kappa shape index (κ1) is 8.98. The van der Waals surface area contributed by atoms with E-state index < -0.39 is 0 Å². The summed E-state index contributed by atoms with van der Waals surface area (Å²) in [4.78, 5) is 0. The van der Waals surface area contributed by atoms with Gasteiger partial charge >= 0.3 is 0 Å². The third kappa shape index (κ3) is 1.45. The Morgan fingerprint density at radius 1 is 1.20 bits per heavy atom. The Morgan fingerprint density at radius 3 is 3.00 bits per heavy atom. The van der Waals surface area contributed by atoms with Crippen LogP contribution < -0.4 is 15.8 Å². The zero-order chi connectivity index (χ0) is 10.3. The van der Waals surface area contributed by atoms with E-state index in [9.17, 15) is 5.11 Å². The number of aliphatic hydroxyl groups excluding tert-OH is 1. The largest absolute Gasteiger partial charge is 0.393 e. The molecule has 78 valence electrons. The molecule has 15 heavy (non-hydrogen) atoms. The second kappa shape index (κ2) is 3.38. The van der Waals surface area contributed by atoms with Crippen LogP contribution in [0.5, 0.6) is 0 Å². The maximum atomic E-state index is 9.71. The summed E-state index contributed by atoms with van der Waals surface area (Å²) >= 11 is 0. The van der Waals surface area contributed by atoms with Crippen LogP contribution in [-0.4, -0.2) is 17.3 Å². The van der Waals surface area contributed by atoms with Crippen LogP contribution in [0, 0.1) is 0 Å². The van der Waals surface area contributed by atoms with Gasteiger partial charge in [-0.3, -0.25) is 0 Å². The van der Waals surface area contributed by atoms with Crippen LogP contribution in [0.4, 0.5) is 0 Å². The summed E-state index contributed by atoms with van der Waals surface area (Å²) < 4.78 is 0. The summed E-state index contributed by atoms with van der Waals surface area (Å²) in [5.74, 6) is 0. The Labute approximate surface area is 88.9 Å². The standard InChI is InChI=1S/C13H15NO/c15-10-5-6-13-12(7-10)11-4-2-1-3-9(11)8-14-13/h1-4,8,10,13-15H,5-7H2. The van der Waals surface area contributed by atoms with Crippen LogP contribution in [0.25, 0.3) is 11.8 Å². The third-order valence-corrected chi connectivity index (χ3v) is 3.41. The van der Waals surface area contributed by atoms with Gasteiger partial charge in [-0.1, -0.05) is 24.3 Å². The van der Waals surface area contributed by atoms with E-state index >= 15 is 0 Å². The van der Waals surface area contributed by atoms with E-state index in [1.807, 2.05) is 0 Å². The van der Waals surface area contributed by atoms with E-state index in [1.54, 1.807) is 0 Å². The average Bonchev–Trinajstić information content (AvgIpc) is 2.29. The van der Waals surface area contributed by atoms with E-state index in [-0.39, 0.29) is 6.10 Å². The molecule has 0 amide bonds. The fourth-order valence-corrected chi connectivity index (χ4v) is 2.62. The van der Waals surface area contributed by atoms with Crippen molar-refractivity contribution in [2.75, 3.05) is 0 Å². The molecule has 1 aromatic rings. The Kier molecular flexibility index (Phi) is 2.03. The molecule has 1 heterocycles. The highest BCUT2D eigenvalue weighted by Gasteiger charge is 2.25. The minimum atomic E-state index is -0.149. The smallest absolute Gasteiger partial charge is 0.0579 e. The maximum Gasteiger partial charge on any atom is 0.0579 e. The van der Waals surface area contributed by atoms with Gasteiger partial charge < -0.3 is 10.4 Å². The molecule has 0 bridgehead atoms. The van der Waals surface area contributed by atoms with Gasteiger partial charge in [0.15, 0.2) is 0 Å². The zero-order valence-electron chi connectivity index (χ0n) is 8.61. The van der Waals surface area contributed by atoms with Crippen molar-refractivity contribution in [1.29, 1.82) is 0 Å². The molecule has 1 aromatic carbocycles. The lowest BCUT2D eigenvalue weighted by Crippen LogP contribution is -2.45. The van der Waals surface area contributed by atoms with Gasteiger partial charge in [0.25, 0.3) is 0 Å². The van der Waals surface area contributed by atoms with Crippen LogP contribution in [0.15, 0.2) is 24.3 Å². The van der Waals surface area contributed by atoms with E-state index in [0.717, 1.165) is 19.3 Å². The molecule has 2 nitrogen and oxygen atoms in total. The molecule has 2 N–H and O–H groups in total. The molecule has 0 spiro atoms. The first-order chi connectivity index (χ1) is 7.34. The minimum Gasteiger partial charge on any atom is -0.393 e. The number of fused-ring (bicyclic) bond motifs is 2. The first-order valence-electron chi connectivity index (χ1n) is 5.57. The number of hydrogen-bond donors (Lipinski definition) is 2. The molecule has 0 aromatic heterocycles. The highest BCUT2D eigenvalue weighted by molar-refractivity contribution is 5.57. The summed E-state index contributed by atoms with van der Waals surface area (Å²) in [6.07, 6.45) is 4.73. The van der Waals surface area contributed by atoms with Gasteiger partial charge in [-0.2, -0.15) is 0 Å². The fourth-order valence-electron chi connectivity index (χ4n) is 2.62. The van der Waals surface area contributed by atoms with Crippen molar-refractivity contribution in [3.05, 3.63) is 34.7 Å². The summed E-state index contributed by atoms with van der Waals surface area (Å²) in [6, 6.07) is 8.85. The predicted molar refractivity (Wildman–Crippen MR) is 60.3 cm³/mol. The van der Waals surface area contributed by atoms with E-state index in [2.05, 4.69) is 35.8 Å². The van der Waals surface area contributed by atoms with Gasteiger partial charge in [0.05, 0.1) is 6.10 Å². The van der Waals surface area contributed by atoms with E-state index in [4.69, 9.17) is 0 Å². The summed E-state index contributed by atoms with van der Waals surface area (Å²) in [7, 11) is 0. The molecule has 1 aliphatic heterocycles. The lowest BCUT2D eigenvalue weighted by molar-refractivity contribution is 0.152. The van der Waals surface area contributed by atoms with Crippen molar-refractivity contribution >= 4 is 11.8 Å². The molecule has 2 unspecified atom stereocenters. The number of rotatable bonds is 0. The van der Waals surface area contributed by atoms with Gasteiger partial charge in [0.2, 0.25) is 0 Å². The molecular formula is C13H15NO. The van der Waals surface area contributed by atoms with Crippen molar-refractivity contribution in [3.8, 4) is 0 Å². The lowest BCUT2D eigenvalue weighted by Gasteiger charge is -2.31. The number of aliphatic hydroxyl groups is 1. The van der Waals surface area contributed by atoms with Gasteiger partial charge in [-0.05, 0) is 35.3 Å². The molecule has 2 aliphatic rings. The highest BCUT2D eigenvalue weighted by Crippen LogP contribution is 2.24. The van der Waals surface area contributed by atoms with Gasteiger partial charge in [-0.15, -0.1) is 0 Å². The topological polar surface area (TPSA) is 32.3 Å². The molecule has 0 saturated heterocycles. The van der Waals surface area contributed by atoms with Gasteiger partial charge in [0, 0.05) is 12.2 Å². The van der Waals surface area contributed by atoms with Crippen LogP contribution in [0.1, 0.15) is 19.3 Å². The van der Waals surface area contributed by atoms with Crippen molar-refractivity contribution < 1.29 is 5.11 Å². The predicted octanol–water partition coefficient (Wildman–Crippen LogP) is 0.0919. The van der Waals surface area contributed by atoms with Crippen LogP contribution in [0.3, 0.4) is 0 Å². The lowest BCUT2D eigenvalue weighted by atomic mass is 9.85. The second-order valence-corrected chi connectivity index (χ2v) is 4.41. The van der Waals surface area contributed by atoms with Crippen molar-refractivity contribution in [1.82, 2.24) is 5.32 Å². The fraction of sp³-hybridized carbons (Fsp3) is 0.385. The number of benzene rings is 1. The monoisotopic (exact) mass is 201 g/mol. The van der Waals surface area contributed by atoms with Crippen LogP contribution in [-0.2, 0) is 0 Å². The Bertz CT molecular complexity index is 492.